The van der Waals surface area contributed by atoms with E-state index in [2.05, 4.69) is 39.0 Å². The molecule has 172 valence electrons. The van der Waals surface area contributed by atoms with Gasteiger partial charge in [-0.15, -0.1) is 0 Å². The molecular weight excluding hydrogens is 434 g/mol. The van der Waals surface area contributed by atoms with E-state index in [-0.39, 0.29) is 6.10 Å². The Morgan fingerprint density at radius 2 is 1.67 bits per heavy atom. The van der Waals surface area contributed by atoms with Crippen molar-refractivity contribution >= 4 is 16.5 Å². The fourth-order valence-electron chi connectivity index (χ4n) is 4.26. The maximum atomic E-state index is 11.5. The van der Waals surface area contributed by atoms with E-state index in [0.717, 1.165) is 62.8 Å². The zero-order valence-corrected chi connectivity index (χ0v) is 19.7. The molecule has 2 aromatic carbocycles. The van der Waals surface area contributed by atoms with Gasteiger partial charge in [0.25, 0.3) is 0 Å². The van der Waals surface area contributed by atoms with Crippen LogP contribution in [-0.4, -0.2) is 65.8 Å². The Morgan fingerprint density at radius 1 is 0.970 bits per heavy atom. The van der Waals surface area contributed by atoms with Crippen molar-refractivity contribution in [2.24, 2.45) is 0 Å². The highest BCUT2D eigenvalue weighted by molar-refractivity contribution is 7.84. The average Bonchev–Trinajstić information content (AvgIpc) is 2.84. The molecule has 2 fully saturated rings. The zero-order valence-electron chi connectivity index (χ0n) is 18.9. The molecular formula is C26H29N3O3S. The molecule has 0 radical (unpaired) electrons. The van der Waals surface area contributed by atoms with Crippen LogP contribution in [0.1, 0.15) is 5.56 Å². The minimum Gasteiger partial charge on any atom is -0.488 e. The number of benzene rings is 2. The van der Waals surface area contributed by atoms with Crippen LogP contribution in [0.2, 0.25) is 0 Å². The summed E-state index contributed by atoms with van der Waals surface area (Å²) in [5, 5.41) is 0.598. The van der Waals surface area contributed by atoms with Crippen molar-refractivity contribution in [2.45, 2.75) is 17.7 Å². The molecule has 7 heteroatoms. The van der Waals surface area contributed by atoms with E-state index in [1.807, 2.05) is 36.4 Å². The SMILES string of the molecule is CS(=O)c1ccc(-c2ccc(OC3CN(Cc4ccc(N5CCOCC5)cc4)C3)cc2)cn1. The normalized spacial score (nSPS) is 18.0. The van der Waals surface area contributed by atoms with Crippen LogP contribution >= 0.6 is 0 Å². The van der Waals surface area contributed by atoms with Gasteiger partial charge in [-0.05, 0) is 41.5 Å². The summed E-state index contributed by atoms with van der Waals surface area (Å²) in [6.45, 7) is 6.39. The second kappa shape index (κ2) is 10.0. The van der Waals surface area contributed by atoms with Crippen LogP contribution in [0.3, 0.4) is 0 Å². The predicted molar refractivity (Wildman–Crippen MR) is 131 cm³/mol. The minimum absolute atomic E-state index is 0.226. The smallest absolute Gasteiger partial charge is 0.126 e. The summed E-state index contributed by atoms with van der Waals surface area (Å²) in [4.78, 5) is 9.06. The summed E-state index contributed by atoms with van der Waals surface area (Å²) < 4.78 is 23.1. The van der Waals surface area contributed by atoms with Crippen LogP contribution in [0.25, 0.3) is 11.1 Å². The molecule has 1 unspecified atom stereocenters. The number of morpholine rings is 1. The maximum Gasteiger partial charge on any atom is 0.126 e. The molecule has 3 aromatic rings. The van der Waals surface area contributed by atoms with E-state index in [9.17, 15) is 4.21 Å². The second-order valence-corrected chi connectivity index (χ2v) is 9.89. The summed E-state index contributed by atoms with van der Waals surface area (Å²) >= 11 is 0. The van der Waals surface area contributed by atoms with E-state index < -0.39 is 10.8 Å². The van der Waals surface area contributed by atoms with Crippen molar-refractivity contribution in [1.29, 1.82) is 0 Å². The van der Waals surface area contributed by atoms with E-state index in [1.165, 1.54) is 11.3 Å². The Morgan fingerprint density at radius 3 is 2.30 bits per heavy atom. The molecule has 6 nitrogen and oxygen atoms in total. The second-order valence-electron chi connectivity index (χ2n) is 8.56. The summed E-state index contributed by atoms with van der Waals surface area (Å²) in [6.07, 6.45) is 3.63. The molecule has 0 saturated carbocycles. The molecule has 0 bridgehead atoms. The lowest BCUT2D eigenvalue weighted by atomic mass is 10.1. The van der Waals surface area contributed by atoms with Gasteiger partial charge in [-0.3, -0.25) is 9.11 Å². The van der Waals surface area contributed by atoms with Gasteiger partial charge in [0.2, 0.25) is 0 Å². The van der Waals surface area contributed by atoms with Crippen LogP contribution in [0.4, 0.5) is 5.69 Å². The first-order chi connectivity index (χ1) is 16.1. The van der Waals surface area contributed by atoms with Gasteiger partial charge in [-0.25, -0.2) is 4.98 Å². The summed E-state index contributed by atoms with van der Waals surface area (Å²) in [5.74, 6) is 0.887. The van der Waals surface area contributed by atoms with Gasteiger partial charge in [-0.2, -0.15) is 0 Å². The van der Waals surface area contributed by atoms with Gasteiger partial charge in [-0.1, -0.05) is 30.3 Å². The number of hydrogen-bond acceptors (Lipinski definition) is 6. The third-order valence-corrected chi connectivity index (χ3v) is 6.99. The topological polar surface area (TPSA) is 54.9 Å². The van der Waals surface area contributed by atoms with Gasteiger partial charge in [0.05, 0.1) is 24.0 Å². The lowest BCUT2D eigenvalue weighted by molar-refractivity contribution is 0.0146. The highest BCUT2D eigenvalue weighted by Gasteiger charge is 2.28. The lowest BCUT2D eigenvalue weighted by Gasteiger charge is -2.39. The summed E-state index contributed by atoms with van der Waals surface area (Å²) in [6, 6.07) is 20.8. The quantitative estimate of drug-likeness (QED) is 0.534. The van der Waals surface area contributed by atoms with E-state index in [0.29, 0.717) is 5.03 Å². The summed E-state index contributed by atoms with van der Waals surface area (Å²) in [7, 11) is -1.06. The molecule has 5 rings (SSSR count). The number of aromatic nitrogens is 1. The van der Waals surface area contributed by atoms with Gasteiger partial charge in [0.1, 0.15) is 16.9 Å². The molecule has 1 aromatic heterocycles. The van der Waals surface area contributed by atoms with Crippen LogP contribution < -0.4 is 9.64 Å². The molecule has 0 spiro atoms. The van der Waals surface area contributed by atoms with Crippen LogP contribution in [0.5, 0.6) is 5.75 Å². The minimum atomic E-state index is -1.06. The number of nitrogens with zero attached hydrogens (tertiary/aromatic N) is 3. The molecule has 0 N–H and O–H groups in total. The Hall–Kier alpha value is -2.74. The number of ether oxygens (including phenoxy) is 2. The Balaban J connectivity index is 1.09. The average molecular weight is 464 g/mol. The van der Waals surface area contributed by atoms with Crippen molar-refractivity contribution in [3.05, 3.63) is 72.4 Å². The fourth-order valence-corrected chi connectivity index (χ4v) is 4.72. The monoisotopic (exact) mass is 463 g/mol. The van der Waals surface area contributed by atoms with Gasteiger partial charge in [0.15, 0.2) is 0 Å². The molecule has 33 heavy (non-hydrogen) atoms. The van der Waals surface area contributed by atoms with E-state index in [1.54, 1.807) is 12.5 Å². The third kappa shape index (κ3) is 5.43. The third-order valence-electron chi connectivity index (χ3n) is 6.16. The number of rotatable bonds is 7. The zero-order chi connectivity index (χ0) is 22.6. The first-order valence-corrected chi connectivity index (χ1v) is 12.9. The Kier molecular flexibility index (Phi) is 6.71. The standard InChI is InChI=1S/C26H29N3O3S/c1-33(30)26-11-6-22(16-27-26)21-4-9-24(10-5-21)32-25-18-28(19-25)17-20-2-7-23(8-3-20)29-12-14-31-15-13-29/h2-11,16,25H,12-15,17-19H2,1H3. The number of pyridine rings is 1. The van der Waals surface area contributed by atoms with Crippen molar-refractivity contribution in [3.8, 4) is 16.9 Å². The van der Waals surface area contributed by atoms with Crippen molar-refractivity contribution < 1.29 is 13.7 Å². The molecule has 0 amide bonds. The maximum absolute atomic E-state index is 11.5. The van der Waals surface area contributed by atoms with Gasteiger partial charge >= 0.3 is 0 Å². The fraction of sp³-hybridized carbons (Fsp3) is 0.346. The van der Waals surface area contributed by atoms with E-state index >= 15 is 0 Å². The Labute approximate surface area is 197 Å². The first kappa shape index (κ1) is 22.1. The Bertz CT molecular complexity index is 1080. The molecule has 1 atom stereocenters. The van der Waals surface area contributed by atoms with Crippen LogP contribution in [0, 0.1) is 0 Å². The van der Waals surface area contributed by atoms with Crippen LogP contribution in [0.15, 0.2) is 71.9 Å². The van der Waals surface area contributed by atoms with Crippen molar-refractivity contribution in [1.82, 2.24) is 9.88 Å². The highest BCUT2D eigenvalue weighted by Crippen LogP contribution is 2.25. The number of likely N-dealkylation sites (tertiary alicyclic amines) is 1. The van der Waals surface area contributed by atoms with E-state index in [4.69, 9.17) is 9.47 Å². The number of hydrogen-bond donors (Lipinski definition) is 0. The summed E-state index contributed by atoms with van der Waals surface area (Å²) in [5.41, 5.74) is 4.69. The highest BCUT2D eigenvalue weighted by atomic mass is 32.2. The molecule has 0 aliphatic carbocycles. The predicted octanol–water partition coefficient (Wildman–Crippen LogP) is 3.59. The molecule has 2 saturated heterocycles. The van der Waals surface area contributed by atoms with Crippen LogP contribution in [-0.2, 0) is 22.1 Å². The number of anilines is 1. The largest absolute Gasteiger partial charge is 0.488 e. The van der Waals surface area contributed by atoms with Crippen molar-refractivity contribution in [2.75, 3.05) is 50.5 Å². The lowest BCUT2D eigenvalue weighted by Crippen LogP contribution is -2.53. The van der Waals surface area contributed by atoms with Gasteiger partial charge < -0.3 is 14.4 Å². The molecule has 3 heterocycles. The van der Waals surface area contributed by atoms with Crippen molar-refractivity contribution in [3.63, 3.8) is 0 Å². The molecule has 2 aliphatic heterocycles. The molecule has 2 aliphatic rings. The first-order valence-electron chi connectivity index (χ1n) is 11.3. The van der Waals surface area contributed by atoms with Gasteiger partial charge in [0, 0.05) is 56.4 Å².